The van der Waals surface area contributed by atoms with E-state index in [2.05, 4.69) is 65.9 Å². The summed E-state index contributed by atoms with van der Waals surface area (Å²) >= 11 is 0. The molecule has 142 valence electrons. The molecule has 27 heavy (non-hydrogen) atoms. The summed E-state index contributed by atoms with van der Waals surface area (Å²) in [7, 11) is 1.72. The van der Waals surface area contributed by atoms with Crippen molar-refractivity contribution in [1.29, 1.82) is 0 Å². The number of nitrogens with one attached hydrogen (secondary N) is 2. The third-order valence-corrected chi connectivity index (χ3v) is 5.06. The molecule has 1 heterocycles. The molecule has 0 unspecified atom stereocenters. The van der Waals surface area contributed by atoms with Crippen LogP contribution in [-0.2, 0) is 24.3 Å². The van der Waals surface area contributed by atoms with Crippen molar-refractivity contribution in [1.82, 2.24) is 15.5 Å². The number of aliphatic imine (C=N–C) groups is 1. The second-order valence-corrected chi connectivity index (χ2v) is 7.04. The van der Waals surface area contributed by atoms with E-state index in [9.17, 15) is 4.79 Å². The first-order chi connectivity index (χ1) is 13.1. The monoisotopic (exact) mass is 364 g/mol. The molecule has 1 aliphatic rings. The molecule has 0 saturated carbocycles. The number of aryl methyl sites for hydroxylation is 2. The zero-order chi connectivity index (χ0) is 19.2. The molecule has 2 aromatic carbocycles. The van der Waals surface area contributed by atoms with Gasteiger partial charge in [-0.1, -0.05) is 48.0 Å². The number of fused-ring (bicyclic) bond motifs is 1. The normalized spacial score (nSPS) is 13.9. The molecule has 0 fully saturated rings. The molecule has 5 nitrogen and oxygen atoms in total. The lowest BCUT2D eigenvalue weighted by Crippen LogP contribution is -2.45. The van der Waals surface area contributed by atoms with E-state index in [0.29, 0.717) is 19.0 Å². The van der Waals surface area contributed by atoms with Crippen molar-refractivity contribution in [2.24, 2.45) is 4.99 Å². The number of hydrogen-bond donors (Lipinski definition) is 2. The lowest BCUT2D eigenvalue weighted by Gasteiger charge is -2.29. The number of benzene rings is 2. The van der Waals surface area contributed by atoms with Crippen molar-refractivity contribution in [3.8, 4) is 0 Å². The number of amides is 1. The van der Waals surface area contributed by atoms with Gasteiger partial charge in [0, 0.05) is 26.7 Å². The topological polar surface area (TPSA) is 56.7 Å². The van der Waals surface area contributed by atoms with Crippen LogP contribution in [-0.4, -0.2) is 36.9 Å². The summed E-state index contributed by atoms with van der Waals surface area (Å²) in [6.07, 6.45) is 0.918. The molecule has 2 aromatic rings. The van der Waals surface area contributed by atoms with Gasteiger partial charge in [-0.05, 0) is 42.5 Å². The summed E-state index contributed by atoms with van der Waals surface area (Å²) < 4.78 is 0. The summed E-state index contributed by atoms with van der Waals surface area (Å²) in [6, 6.07) is 14.7. The SMILES string of the molecule is CN=C(NCC(=O)N1CCc2ccccc2C1)NCc1ccc(C)cc1C. The molecular formula is C22H28N4O. The highest BCUT2D eigenvalue weighted by Gasteiger charge is 2.20. The van der Waals surface area contributed by atoms with Gasteiger partial charge in [0.1, 0.15) is 0 Å². The van der Waals surface area contributed by atoms with Crippen molar-refractivity contribution >= 4 is 11.9 Å². The maximum Gasteiger partial charge on any atom is 0.242 e. The van der Waals surface area contributed by atoms with Crippen molar-refractivity contribution in [3.05, 3.63) is 70.3 Å². The number of carbonyl (C=O) groups is 1. The molecule has 3 rings (SSSR count). The first-order valence-corrected chi connectivity index (χ1v) is 9.42. The smallest absolute Gasteiger partial charge is 0.242 e. The summed E-state index contributed by atoms with van der Waals surface area (Å²) in [6.45, 7) is 6.58. The van der Waals surface area contributed by atoms with E-state index >= 15 is 0 Å². The molecule has 0 aromatic heterocycles. The Morgan fingerprint density at radius 3 is 2.63 bits per heavy atom. The Morgan fingerprint density at radius 2 is 1.89 bits per heavy atom. The second-order valence-electron chi connectivity index (χ2n) is 7.04. The fraction of sp³-hybridized carbons (Fsp3) is 0.364. The Morgan fingerprint density at radius 1 is 1.11 bits per heavy atom. The predicted molar refractivity (Wildman–Crippen MR) is 110 cm³/mol. The predicted octanol–water partition coefficient (Wildman–Crippen LogP) is 2.55. The quantitative estimate of drug-likeness (QED) is 0.648. The molecule has 0 aliphatic carbocycles. The number of guanidine groups is 1. The van der Waals surface area contributed by atoms with Crippen LogP contribution in [0.3, 0.4) is 0 Å². The fourth-order valence-electron chi connectivity index (χ4n) is 3.42. The Kier molecular flexibility index (Phi) is 6.12. The van der Waals surface area contributed by atoms with Crippen LogP contribution in [0.4, 0.5) is 0 Å². The number of carbonyl (C=O) groups excluding carboxylic acids is 1. The fourth-order valence-corrected chi connectivity index (χ4v) is 3.42. The zero-order valence-corrected chi connectivity index (χ0v) is 16.4. The van der Waals surface area contributed by atoms with E-state index < -0.39 is 0 Å². The van der Waals surface area contributed by atoms with Gasteiger partial charge in [0.25, 0.3) is 0 Å². The molecule has 1 aliphatic heterocycles. The minimum absolute atomic E-state index is 0.0963. The van der Waals surface area contributed by atoms with Gasteiger partial charge in [-0.25, -0.2) is 0 Å². The lowest BCUT2D eigenvalue weighted by molar-refractivity contribution is -0.130. The minimum atomic E-state index is 0.0963. The van der Waals surface area contributed by atoms with E-state index in [1.54, 1.807) is 7.05 Å². The molecule has 0 bridgehead atoms. The van der Waals surface area contributed by atoms with E-state index in [1.165, 1.54) is 27.8 Å². The van der Waals surface area contributed by atoms with Gasteiger partial charge in [-0.3, -0.25) is 9.79 Å². The number of nitrogens with zero attached hydrogens (tertiary/aromatic N) is 2. The van der Waals surface area contributed by atoms with Crippen LogP contribution in [0.2, 0.25) is 0 Å². The van der Waals surface area contributed by atoms with E-state index in [4.69, 9.17) is 0 Å². The molecular weight excluding hydrogens is 336 g/mol. The molecule has 0 radical (unpaired) electrons. The summed E-state index contributed by atoms with van der Waals surface area (Å²) in [5.74, 6) is 0.736. The summed E-state index contributed by atoms with van der Waals surface area (Å²) in [5.41, 5.74) is 6.32. The lowest BCUT2D eigenvalue weighted by atomic mass is 10.00. The third kappa shape index (κ3) is 4.88. The van der Waals surface area contributed by atoms with Gasteiger partial charge in [0.15, 0.2) is 5.96 Å². The summed E-state index contributed by atoms with van der Waals surface area (Å²) in [5, 5.41) is 6.43. The van der Waals surface area contributed by atoms with E-state index in [-0.39, 0.29) is 12.5 Å². The molecule has 2 N–H and O–H groups in total. The Balaban J connectivity index is 1.50. The Hall–Kier alpha value is -2.82. The Bertz CT molecular complexity index is 844. The van der Waals surface area contributed by atoms with Crippen LogP contribution in [0.5, 0.6) is 0 Å². The maximum atomic E-state index is 12.6. The van der Waals surface area contributed by atoms with Gasteiger partial charge < -0.3 is 15.5 Å². The number of rotatable bonds is 4. The Labute approximate surface area is 161 Å². The molecule has 5 heteroatoms. The molecule has 0 saturated heterocycles. The van der Waals surface area contributed by atoms with Gasteiger partial charge >= 0.3 is 0 Å². The summed E-state index contributed by atoms with van der Waals surface area (Å²) in [4.78, 5) is 18.7. The highest BCUT2D eigenvalue weighted by atomic mass is 16.2. The standard InChI is InChI=1S/C22H28N4O/c1-16-8-9-19(17(2)12-16)13-24-22(23-3)25-14-21(27)26-11-10-18-6-4-5-7-20(18)15-26/h4-9,12H,10-11,13-15H2,1-3H3,(H2,23,24,25). The zero-order valence-electron chi connectivity index (χ0n) is 16.4. The van der Waals surface area contributed by atoms with Crippen molar-refractivity contribution < 1.29 is 4.79 Å². The van der Waals surface area contributed by atoms with Crippen molar-refractivity contribution in [2.45, 2.75) is 33.4 Å². The van der Waals surface area contributed by atoms with Crippen LogP contribution in [0.25, 0.3) is 0 Å². The minimum Gasteiger partial charge on any atom is -0.352 e. The van der Waals surface area contributed by atoms with Crippen LogP contribution in [0, 0.1) is 13.8 Å². The van der Waals surface area contributed by atoms with Crippen LogP contribution in [0.15, 0.2) is 47.5 Å². The maximum absolute atomic E-state index is 12.6. The highest BCUT2D eigenvalue weighted by molar-refractivity contribution is 5.86. The van der Waals surface area contributed by atoms with Gasteiger partial charge in [0.2, 0.25) is 5.91 Å². The van der Waals surface area contributed by atoms with E-state index in [1.807, 2.05) is 11.0 Å². The second kappa shape index (κ2) is 8.71. The van der Waals surface area contributed by atoms with Crippen molar-refractivity contribution in [3.63, 3.8) is 0 Å². The van der Waals surface area contributed by atoms with Gasteiger partial charge in [-0.2, -0.15) is 0 Å². The molecule has 1 amide bonds. The van der Waals surface area contributed by atoms with E-state index in [0.717, 1.165) is 13.0 Å². The van der Waals surface area contributed by atoms with Gasteiger partial charge in [-0.15, -0.1) is 0 Å². The first-order valence-electron chi connectivity index (χ1n) is 9.42. The third-order valence-electron chi connectivity index (χ3n) is 5.06. The average molecular weight is 364 g/mol. The van der Waals surface area contributed by atoms with Crippen LogP contribution >= 0.6 is 0 Å². The first kappa shape index (κ1) is 19.0. The molecule has 0 atom stereocenters. The van der Waals surface area contributed by atoms with Crippen LogP contribution < -0.4 is 10.6 Å². The number of hydrogen-bond acceptors (Lipinski definition) is 2. The largest absolute Gasteiger partial charge is 0.352 e. The average Bonchev–Trinajstić information content (AvgIpc) is 2.68. The van der Waals surface area contributed by atoms with Crippen molar-refractivity contribution in [2.75, 3.05) is 20.1 Å². The van der Waals surface area contributed by atoms with Crippen LogP contribution in [0.1, 0.15) is 27.8 Å². The van der Waals surface area contributed by atoms with Gasteiger partial charge in [0.05, 0.1) is 6.54 Å². The highest BCUT2D eigenvalue weighted by Crippen LogP contribution is 2.18. The molecule has 0 spiro atoms.